The molecule has 1 aromatic heterocycles. The minimum Gasteiger partial charge on any atom is -0.493 e. The summed E-state index contributed by atoms with van der Waals surface area (Å²) in [5.74, 6) is 0.955. The molecule has 1 unspecified atom stereocenters. The number of aliphatic hydroxyl groups is 1. The van der Waals surface area contributed by atoms with Crippen molar-refractivity contribution >= 4 is 21.4 Å². The summed E-state index contributed by atoms with van der Waals surface area (Å²) < 4.78 is 6.73. The van der Waals surface area contributed by atoms with Crippen molar-refractivity contribution in [2.24, 2.45) is 0 Å². The molecule has 0 saturated carbocycles. The van der Waals surface area contributed by atoms with E-state index in [1.165, 1.54) is 10.3 Å². The third kappa shape index (κ3) is 1.82. The Morgan fingerprint density at radius 1 is 1.15 bits per heavy atom. The number of ether oxygens (including phenoxy) is 1. The fourth-order valence-corrected chi connectivity index (χ4v) is 3.75. The van der Waals surface area contributed by atoms with Gasteiger partial charge in [-0.1, -0.05) is 24.3 Å². The molecule has 0 radical (unpaired) electrons. The van der Waals surface area contributed by atoms with Crippen LogP contribution in [0.1, 0.15) is 22.8 Å². The maximum Gasteiger partial charge on any atom is 0.122 e. The highest BCUT2D eigenvalue weighted by atomic mass is 32.1. The van der Waals surface area contributed by atoms with Crippen LogP contribution in [0.3, 0.4) is 0 Å². The van der Waals surface area contributed by atoms with E-state index >= 15 is 0 Å². The van der Waals surface area contributed by atoms with E-state index in [4.69, 9.17) is 4.74 Å². The highest BCUT2D eigenvalue weighted by molar-refractivity contribution is 7.17. The zero-order valence-electron chi connectivity index (χ0n) is 10.9. The second kappa shape index (κ2) is 4.62. The maximum absolute atomic E-state index is 10.7. The summed E-state index contributed by atoms with van der Waals surface area (Å²) in [7, 11) is 0. The van der Waals surface area contributed by atoms with Gasteiger partial charge in [0.25, 0.3) is 0 Å². The van der Waals surface area contributed by atoms with Crippen LogP contribution >= 0.6 is 11.3 Å². The van der Waals surface area contributed by atoms with Gasteiger partial charge in [0.1, 0.15) is 11.9 Å². The molecular formula is C17H14O2S. The SMILES string of the molecule is OC(c1ccc2c(c1)CCO2)c1csc2ccccc12. The van der Waals surface area contributed by atoms with Gasteiger partial charge in [-0.3, -0.25) is 0 Å². The average molecular weight is 282 g/mol. The number of fused-ring (bicyclic) bond motifs is 2. The lowest BCUT2D eigenvalue weighted by molar-refractivity contribution is 0.222. The third-order valence-electron chi connectivity index (χ3n) is 3.83. The van der Waals surface area contributed by atoms with Crippen molar-refractivity contribution in [1.82, 2.24) is 0 Å². The molecule has 1 atom stereocenters. The van der Waals surface area contributed by atoms with Gasteiger partial charge in [0.15, 0.2) is 0 Å². The first kappa shape index (κ1) is 11.9. The van der Waals surface area contributed by atoms with Crippen LogP contribution < -0.4 is 4.74 Å². The second-order valence-corrected chi connectivity index (χ2v) is 5.97. The first-order chi connectivity index (χ1) is 9.83. The molecule has 0 amide bonds. The van der Waals surface area contributed by atoms with Gasteiger partial charge in [-0.25, -0.2) is 0 Å². The predicted molar refractivity (Wildman–Crippen MR) is 81.5 cm³/mol. The van der Waals surface area contributed by atoms with E-state index in [1.807, 2.05) is 24.3 Å². The van der Waals surface area contributed by atoms with E-state index in [0.717, 1.165) is 35.3 Å². The molecule has 0 fully saturated rings. The lowest BCUT2D eigenvalue weighted by Crippen LogP contribution is -1.99. The Kier molecular flexibility index (Phi) is 2.76. The number of rotatable bonds is 2. The van der Waals surface area contributed by atoms with Crippen LogP contribution in [0.5, 0.6) is 5.75 Å². The molecular weight excluding hydrogens is 268 g/mol. The average Bonchev–Trinajstić information content (AvgIpc) is 3.12. The molecule has 0 bridgehead atoms. The minimum absolute atomic E-state index is 0.572. The number of hydrogen-bond donors (Lipinski definition) is 1. The van der Waals surface area contributed by atoms with E-state index in [-0.39, 0.29) is 0 Å². The van der Waals surface area contributed by atoms with E-state index in [2.05, 4.69) is 23.6 Å². The molecule has 1 N–H and O–H groups in total. The molecule has 3 heteroatoms. The number of hydrogen-bond acceptors (Lipinski definition) is 3. The van der Waals surface area contributed by atoms with Crippen molar-refractivity contribution < 1.29 is 9.84 Å². The summed E-state index contributed by atoms with van der Waals surface area (Å²) in [6.45, 7) is 0.746. The zero-order chi connectivity index (χ0) is 13.5. The van der Waals surface area contributed by atoms with Crippen molar-refractivity contribution in [3.05, 3.63) is 64.5 Å². The molecule has 2 heterocycles. The van der Waals surface area contributed by atoms with Crippen molar-refractivity contribution in [2.75, 3.05) is 6.61 Å². The first-order valence-electron chi connectivity index (χ1n) is 6.73. The topological polar surface area (TPSA) is 29.5 Å². The largest absolute Gasteiger partial charge is 0.493 e. The Morgan fingerprint density at radius 3 is 3.00 bits per heavy atom. The van der Waals surface area contributed by atoms with Crippen LogP contribution in [-0.2, 0) is 6.42 Å². The Hall–Kier alpha value is -1.84. The number of thiophene rings is 1. The van der Waals surface area contributed by atoms with Gasteiger partial charge in [0, 0.05) is 16.7 Å². The molecule has 0 aliphatic carbocycles. The lowest BCUT2D eigenvalue weighted by atomic mass is 9.98. The molecule has 1 aliphatic rings. The van der Waals surface area contributed by atoms with E-state index in [1.54, 1.807) is 11.3 Å². The van der Waals surface area contributed by atoms with Crippen LogP contribution in [0, 0.1) is 0 Å². The maximum atomic E-state index is 10.7. The quantitative estimate of drug-likeness (QED) is 0.772. The predicted octanol–water partition coefficient (Wildman–Crippen LogP) is 3.92. The molecule has 0 saturated heterocycles. The molecule has 2 nitrogen and oxygen atoms in total. The second-order valence-electron chi connectivity index (χ2n) is 5.06. The minimum atomic E-state index is -0.572. The standard InChI is InChI=1S/C17H14O2S/c18-17(12-5-6-15-11(9-12)7-8-19-15)14-10-20-16-4-2-1-3-13(14)16/h1-6,9-10,17-18H,7-8H2. The molecule has 100 valence electrons. The summed E-state index contributed by atoms with van der Waals surface area (Å²) in [4.78, 5) is 0. The van der Waals surface area contributed by atoms with Crippen LogP contribution in [0.15, 0.2) is 47.8 Å². The molecule has 2 aromatic carbocycles. The van der Waals surface area contributed by atoms with E-state index < -0.39 is 6.10 Å². The van der Waals surface area contributed by atoms with Crippen molar-refractivity contribution in [2.45, 2.75) is 12.5 Å². The molecule has 4 rings (SSSR count). The molecule has 3 aromatic rings. The van der Waals surface area contributed by atoms with Gasteiger partial charge in [-0.05, 0) is 40.1 Å². The Morgan fingerprint density at radius 2 is 2.05 bits per heavy atom. The highest BCUT2D eigenvalue weighted by Crippen LogP contribution is 2.35. The Labute approximate surface area is 121 Å². The van der Waals surface area contributed by atoms with Crippen LogP contribution in [0.2, 0.25) is 0 Å². The zero-order valence-corrected chi connectivity index (χ0v) is 11.7. The fraction of sp³-hybridized carbons (Fsp3) is 0.176. The van der Waals surface area contributed by atoms with Crippen molar-refractivity contribution in [3.63, 3.8) is 0 Å². The van der Waals surface area contributed by atoms with Gasteiger partial charge >= 0.3 is 0 Å². The van der Waals surface area contributed by atoms with E-state index in [9.17, 15) is 5.11 Å². The smallest absolute Gasteiger partial charge is 0.122 e. The van der Waals surface area contributed by atoms with Gasteiger partial charge in [0.2, 0.25) is 0 Å². The van der Waals surface area contributed by atoms with Crippen LogP contribution in [0.25, 0.3) is 10.1 Å². The van der Waals surface area contributed by atoms with Gasteiger partial charge in [0.05, 0.1) is 6.61 Å². The van der Waals surface area contributed by atoms with Gasteiger partial charge in [-0.15, -0.1) is 11.3 Å². The summed E-state index contributed by atoms with van der Waals surface area (Å²) in [5, 5.41) is 13.9. The van der Waals surface area contributed by atoms with Gasteiger partial charge in [-0.2, -0.15) is 0 Å². The van der Waals surface area contributed by atoms with Crippen LogP contribution in [0.4, 0.5) is 0 Å². The number of benzene rings is 2. The number of aliphatic hydroxyl groups excluding tert-OH is 1. The molecule has 1 aliphatic heterocycles. The summed E-state index contributed by atoms with van der Waals surface area (Å²) in [6.07, 6.45) is 0.359. The van der Waals surface area contributed by atoms with E-state index in [0.29, 0.717) is 0 Å². The first-order valence-corrected chi connectivity index (χ1v) is 7.61. The fourth-order valence-electron chi connectivity index (χ4n) is 2.77. The van der Waals surface area contributed by atoms with Crippen LogP contribution in [-0.4, -0.2) is 11.7 Å². The van der Waals surface area contributed by atoms with Crippen molar-refractivity contribution in [1.29, 1.82) is 0 Å². The van der Waals surface area contributed by atoms with Crippen molar-refractivity contribution in [3.8, 4) is 5.75 Å². The summed E-state index contributed by atoms with van der Waals surface area (Å²) >= 11 is 1.68. The normalized spacial score (nSPS) is 15.1. The Bertz CT molecular complexity index is 776. The Balaban J connectivity index is 1.78. The third-order valence-corrected chi connectivity index (χ3v) is 4.82. The lowest BCUT2D eigenvalue weighted by Gasteiger charge is -2.11. The highest BCUT2D eigenvalue weighted by Gasteiger charge is 2.18. The molecule has 20 heavy (non-hydrogen) atoms. The van der Waals surface area contributed by atoms with Gasteiger partial charge < -0.3 is 9.84 Å². The molecule has 0 spiro atoms. The summed E-state index contributed by atoms with van der Waals surface area (Å²) in [5.41, 5.74) is 3.13. The summed E-state index contributed by atoms with van der Waals surface area (Å²) in [6, 6.07) is 14.2. The monoisotopic (exact) mass is 282 g/mol.